The molecule has 2 aromatic rings. The molecule has 0 unspecified atom stereocenters. The molecule has 0 saturated heterocycles. The molecule has 0 bridgehead atoms. The lowest BCUT2D eigenvalue weighted by atomic mass is 10.1. The fourth-order valence-corrected chi connectivity index (χ4v) is 2.16. The van der Waals surface area contributed by atoms with Gasteiger partial charge in [-0.25, -0.2) is 0 Å². The molecule has 0 radical (unpaired) electrons. The Morgan fingerprint density at radius 3 is 2.50 bits per heavy atom. The average molecular weight is 289 g/mol. The minimum atomic E-state index is 0.0646. The summed E-state index contributed by atoms with van der Waals surface area (Å²) in [5, 5.41) is 0.682. The van der Waals surface area contributed by atoms with Crippen molar-refractivity contribution in [3.63, 3.8) is 0 Å². The Morgan fingerprint density at radius 1 is 1.15 bits per heavy atom. The molecule has 4 heteroatoms. The first kappa shape index (κ1) is 14.4. The highest BCUT2D eigenvalue weighted by molar-refractivity contribution is 6.30. The zero-order chi connectivity index (χ0) is 14.5. The first-order valence-electron chi connectivity index (χ1n) is 6.37. The van der Waals surface area contributed by atoms with Gasteiger partial charge < -0.3 is 10.6 Å². The van der Waals surface area contributed by atoms with Crippen molar-refractivity contribution in [3.8, 4) is 0 Å². The maximum atomic E-state index is 12.1. The van der Waals surface area contributed by atoms with Crippen molar-refractivity contribution in [1.29, 1.82) is 0 Å². The lowest BCUT2D eigenvalue weighted by molar-refractivity contribution is -0.129. The molecule has 2 aromatic carbocycles. The highest BCUT2D eigenvalue weighted by Crippen LogP contribution is 2.13. The van der Waals surface area contributed by atoms with Crippen LogP contribution in [0.3, 0.4) is 0 Å². The number of benzene rings is 2. The van der Waals surface area contributed by atoms with E-state index in [9.17, 15) is 4.79 Å². The fraction of sp³-hybridized carbons (Fsp3) is 0.188. The molecule has 1 amide bonds. The van der Waals surface area contributed by atoms with Crippen LogP contribution in [0.5, 0.6) is 0 Å². The van der Waals surface area contributed by atoms with Crippen LogP contribution in [-0.4, -0.2) is 17.9 Å². The van der Waals surface area contributed by atoms with Crippen molar-refractivity contribution in [1.82, 2.24) is 4.90 Å². The van der Waals surface area contributed by atoms with E-state index in [0.717, 1.165) is 11.1 Å². The second-order valence-corrected chi connectivity index (χ2v) is 5.23. The van der Waals surface area contributed by atoms with E-state index in [-0.39, 0.29) is 5.91 Å². The minimum absolute atomic E-state index is 0.0646. The van der Waals surface area contributed by atoms with Crippen molar-refractivity contribution in [3.05, 3.63) is 64.7 Å². The zero-order valence-electron chi connectivity index (χ0n) is 11.3. The van der Waals surface area contributed by atoms with E-state index in [4.69, 9.17) is 17.3 Å². The number of hydrogen-bond acceptors (Lipinski definition) is 2. The van der Waals surface area contributed by atoms with Crippen molar-refractivity contribution in [2.75, 3.05) is 12.8 Å². The summed E-state index contributed by atoms with van der Waals surface area (Å²) in [5.74, 6) is 0.0646. The lowest BCUT2D eigenvalue weighted by Gasteiger charge is -2.17. The summed E-state index contributed by atoms with van der Waals surface area (Å²) >= 11 is 5.94. The minimum Gasteiger partial charge on any atom is -0.399 e. The maximum Gasteiger partial charge on any atom is 0.227 e. The van der Waals surface area contributed by atoms with E-state index >= 15 is 0 Å². The Balaban J connectivity index is 1.96. The summed E-state index contributed by atoms with van der Waals surface area (Å²) in [6, 6.07) is 14.9. The highest BCUT2D eigenvalue weighted by Gasteiger charge is 2.10. The second-order valence-electron chi connectivity index (χ2n) is 4.80. The van der Waals surface area contributed by atoms with E-state index in [0.29, 0.717) is 23.7 Å². The van der Waals surface area contributed by atoms with Gasteiger partial charge in [0.05, 0.1) is 6.42 Å². The van der Waals surface area contributed by atoms with Gasteiger partial charge in [0.15, 0.2) is 0 Å². The number of hydrogen-bond donors (Lipinski definition) is 1. The molecule has 3 nitrogen and oxygen atoms in total. The van der Waals surface area contributed by atoms with E-state index in [1.54, 1.807) is 24.1 Å². The van der Waals surface area contributed by atoms with Crippen LogP contribution in [-0.2, 0) is 17.8 Å². The van der Waals surface area contributed by atoms with E-state index in [1.165, 1.54) is 0 Å². The van der Waals surface area contributed by atoms with Gasteiger partial charge in [-0.1, -0.05) is 35.9 Å². The predicted molar refractivity (Wildman–Crippen MR) is 82.5 cm³/mol. The molecule has 0 heterocycles. The standard InChI is InChI=1S/C16H17ClN2O/c1-19(11-13-3-2-4-14(17)9-13)16(20)10-12-5-7-15(18)8-6-12/h2-9H,10-11,18H2,1H3. The molecule has 0 aromatic heterocycles. The van der Waals surface area contributed by atoms with Crippen LogP contribution in [0.2, 0.25) is 5.02 Å². The highest BCUT2D eigenvalue weighted by atomic mass is 35.5. The maximum absolute atomic E-state index is 12.1. The normalized spacial score (nSPS) is 10.3. The number of carbonyl (C=O) groups excluding carboxylic acids is 1. The van der Waals surface area contributed by atoms with Crippen molar-refractivity contribution in [2.45, 2.75) is 13.0 Å². The number of amides is 1. The van der Waals surface area contributed by atoms with Gasteiger partial charge in [0.25, 0.3) is 0 Å². The predicted octanol–water partition coefficient (Wildman–Crippen LogP) is 3.12. The number of nitrogen functional groups attached to an aromatic ring is 1. The quantitative estimate of drug-likeness (QED) is 0.879. The molecule has 20 heavy (non-hydrogen) atoms. The Kier molecular flexibility index (Phi) is 4.64. The van der Waals surface area contributed by atoms with E-state index < -0.39 is 0 Å². The smallest absolute Gasteiger partial charge is 0.227 e. The summed E-state index contributed by atoms with van der Waals surface area (Å²) in [5.41, 5.74) is 8.31. The number of rotatable bonds is 4. The van der Waals surface area contributed by atoms with Crippen LogP contribution in [0, 0.1) is 0 Å². The van der Waals surface area contributed by atoms with Gasteiger partial charge in [-0.3, -0.25) is 4.79 Å². The van der Waals surface area contributed by atoms with Gasteiger partial charge in [-0.15, -0.1) is 0 Å². The van der Waals surface area contributed by atoms with Gasteiger partial charge in [0, 0.05) is 24.3 Å². The fourth-order valence-electron chi connectivity index (χ4n) is 1.94. The molecule has 2 rings (SSSR count). The molecule has 0 fully saturated rings. The third-order valence-electron chi connectivity index (χ3n) is 3.07. The van der Waals surface area contributed by atoms with Crippen LogP contribution in [0.25, 0.3) is 0 Å². The molecule has 0 spiro atoms. The molecular formula is C16H17ClN2O. The molecule has 104 valence electrons. The molecule has 0 aliphatic rings. The molecule has 0 saturated carbocycles. The first-order valence-corrected chi connectivity index (χ1v) is 6.75. The van der Waals surface area contributed by atoms with Crippen LogP contribution in [0.15, 0.2) is 48.5 Å². The topological polar surface area (TPSA) is 46.3 Å². The van der Waals surface area contributed by atoms with Crippen LogP contribution < -0.4 is 5.73 Å². The summed E-state index contributed by atoms with van der Waals surface area (Å²) in [6.45, 7) is 0.550. The zero-order valence-corrected chi connectivity index (χ0v) is 12.1. The van der Waals surface area contributed by atoms with Crippen molar-refractivity contribution >= 4 is 23.2 Å². The SMILES string of the molecule is CN(Cc1cccc(Cl)c1)C(=O)Cc1ccc(N)cc1. The number of nitrogens with zero attached hydrogens (tertiary/aromatic N) is 1. The molecular weight excluding hydrogens is 272 g/mol. The Morgan fingerprint density at radius 2 is 1.85 bits per heavy atom. The molecule has 2 N–H and O–H groups in total. The first-order chi connectivity index (χ1) is 9.54. The molecule has 0 atom stereocenters. The second kappa shape index (κ2) is 6.44. The van der Waals surface area contributed by atoms with Crippen LogP contribution >= 0.6 is 11.6 Å². The number of likely N-dealkylation sites (N-methyl/N-ethyl adjacent to an activating group) is 1. The van der Waals surface area contributed by atoms with Gasteiger partial charge in [-0.05, 0) is 35.4 Å². The number of halogens is 1. The molecule has 0 aliphatic carbocycles. The summed E-state index contributed by atoms with van der Waals surface area (Å²) < 4.78 is 0. The third kappa shape index (κ3) is 4.00. The third-order valence-corrected chi connectivity index (χ3v) is 3.30. The summed E-state index contributed by atoms with van der Waals surface area (Å²) in [7, 11) is 1.79. The largest absolute Gasteiger partial charge is 0.399 e. The summed E-state index contributed by atoms with van der Waals surface area (Å²) in [4.78, 5) is 13.8. The van der Waals surface area contributed by atoms with Crippen LogP contribution in [0.4, 0.5) is 5.69 Å². The number of nitrogens with two attached hydrogens (primary N) is 1. The average Bonchev–Trinajstić information content (AvgIpc) is 2.41. The Bertz CT molecular complexity index is 596. The van der Waals surface area contributed by atoms with E-state index in [1.807, 2.05) is 36.4 Å². The van der Waals surface area contributed by atoms with Gasteiger partial charge >= 0.3 is 0 Å². The van der Waals surface area contributed by atoms with Crippen molar-refractivity contribution < 1.29 is 4.79 Å². The summed E-state index contributed by atoms with van der Waals surface area (Å²) in [6.07, 6.45) is 0.372. The lowest BCUT2D eigenvalue weighted by Crippen LogP contribution is -2.27. The number of anilines is 1. The van der Waals surface area contributed by atoms with E-state index in [2.05, 4.69) is 0 Å². The van der Waals surface area contributed by atoms with Gasteiger partial charge in [-0.2, -0.15) is 0 Å². The number of carbonyl (C=O) groups is 1. The van der Waals surface area contributed by atoms with Gasteiger partial charge in [0.2, 0.25) is 5.91 Å². The Labute approximate surface area is 124 Å². The van der Waals surface area contributed by atoms with Crippen molar-refractivity contribution in [2.24, 2.45) is 0 Å². The van der Waals surface area contributed by atoms with Crippen LogP contribution in [0.1, 0.15) is 11.1 Å². The molecule has 0 aliphatic heterocycles. The van der Waals surface area contributed by atoms with Gasteiger partial charge in [0.1, 0.15) is 0 Å². The monoisotopic (exact) mass is 288 g/mol. The Hall–Kier alpha value is -2.00.